The molecule has 0 fully saturated rings. The summed E-state index contributed by atoms with van der Waals surface area (Å²) in [4.78, 5) is 11.1. The van der Waals surface area contributed by atoms with Crippen LogP contribution < -0.4 is 11.2 Å². The van der Waals surface area contributed by atoms with Gasteiger partial charge in [0.15, 0.2) is 0 Å². The predicted octanol–water partition coefficient (Wildman–Crippen LogP) is 0.376. The molecule has 78 valence electrons. The van der Waals surface area contributed by atoms with Crippen molar-refractivity contribution in [1.29, 1.82) is 0 Å². The molecule has 0 bridgehead atoms. The standard InChI is InChI=1S/C10H11N3O2/c11-6-10(15)12-13-4-3-7-5-8(14)1-2-9(7)13/h1-5,14H,6,11H2,(H,12,15). The third-order valence-electron chi connectivity index (χ3n) is 2.10. The Balaban J connectivity index is 2.41. The van der Waals surface area contributed by atoms with Gasteiger partial charge < -0.3 is 10.8 Å². The summed E-state index contributed by atoms with van der Waals surface area (Å²) in [5, 5.41) is 10.1. The van der Waals surface area contributed by atoms with E-state index in [4.69, 9.17) is 5.73 Å². The van der Waals surface area contributed by atoms with E-state index in [2.05, 4.69) is 5.43 Å². The fraction of sp³-hybridized carbons (Fsp3) is 0.100. The second kappa shape index (κ2) is 3.62. The van der Waals surface area contributed by atoms with E-state index in [0.717, 1.165) is 10.9 Å². The lowest BCUT2D eigenvalue weighted by molar-refractivity contribution is -0.115. The van der Waals surface area contributed by atoms with Crippen LogP contribution in [0.3, 0.4) is 0 Å². The highest BCUT2D eigenvalue weighted by Gasteiger charge is 2.03. The second-order valence-electron chi connectivity index (χ2n) is 3.17. The fourth-order valence-electron chi connectivity index (χ4n) is 1.41. The lowest BCUT2D eigenvalue weighted by Gasteiger charge is -2.06. The topological polar surface area (TPSA) is 80.3 Å². The number of benzene rings is 1. The summed E-state index contributed by atoms with van der Waals surface area (Å²) in [5.74, 6) is -0.0639. The highest BCUT2D eigenvalue weighted by atomic mass is 16.3. The first-order valence-corrected chi connectivity index (χ1v) is 4.50. The molecule has 0 atom stereocenters. The van der Waals surface area contributed by atoms with Gasteiger partial charge in [0.1, 0.15) is 5.75 Å². The van der Waals surface area contributed by atoms with Gasteiger partial charge in [-0.2, -0.15) is 0 Å². The Morgan fingerprint density at radius 3 is 3.00 bits per heavy atom. The number of hydrogen-bond donors (Lipinski definition) is 3. The molecule has 4 N–H and O–H groups in total. The molecule has 1 heterocycles. The Bertz CT molecular complexity index is 504. The molecule has 0 aliphatic carbocycles. The van der Waals surface area contributed by atoms with Gasteiger partial charge >= 0.3 is 0 Å². The number of fused-ring (bicyclic) bond motifs is 1. The van der Waals surface area contributed by atoms with E-state index in [1.807, 2.05) is 0 Å². The van der Waals surface area contributed by atoms with E-state index in [1.54, 1.807) is 35.1 Å². The zero-order valence-electron chi connectivity index (χ0n) is 7.97. The van der Waals surface area contributed by atoms with Crippen molar-refractivity contribution in [3.05, 3.63) is 30.5 Å². The minimum Gasteiger partial charge on any atom is -0.508 e. The van der Waals surface area contributed by atoms with Crippen molar-refractivity contribution in [3.63, 3.8) is 0 Å². The van der Waals surface area contributed by atoms with E-state index < -0.39 is 0 Å². The number of amides is 1. The molecule has 5 nitrogen and oxygen atoms in total. The molecule has 0 aliphatic rings. The van der Waals surface area contributed by atoms with Crippen LogP contribution in [0.15, 0.2) is 30.5 Å². The van der Waals surface area contributed by atoms with Gasteiger partial charge in [-0.3, -0.25) is 14.9 Å². The predicted molar refractivity (Wildman–Crippen MR) is 57.0 cm³/mol. The van der Waals surface area contributed by atoms with E-state index in [-0.39, 0.29) is 18.2 Å². The van der Waals surface area contributed by atoms with Gasteiger partial charge in [-0.25, -0.2) is 0 Å². The van der Waals surface area contributed by atoms with Crippen LogP contribution in [0.1, 0.15) is 0 Å². The van der Waals surface area contributed by atoms with Crippen LogP contribution >= 0.6 is 0 Å². The number of phenolic OH excluding ortho intramolecular Hbond substituents is 1. The summed E-state index contributed by atoms with van der Waals surface area (Å²) in [5.41, 5.74) is 8.61. The van der Waals surface area contributed by atoms with Gasteiger partial charge in [0, 0.05) is 11.6 Å². The Hall–Kier alpha value is -2.01. The quantitative estimate of drug-likeness (QED) is 0.662. The minimum absolute atomic E-state index is 0.0578. The van der Waals surface area contributed by atoms with Gasteiger partial charge in [-0.15, -0.1) is 0 Å². The number of carbonyl (C=O) groups is 1. The van der Waals surface area contributed by atoms with Crippen molar-refractivity contribution in [2.45, 2.75) is 0 Å². The van der Waals surface area contributed by atoms with Gasteiger partial charge in [0.05, 0.1) is 12.1 Å². The van der Waals surface area contributed by atoms with E-state index >= 15 is 0 Å². The minimum atomic E-state index is -0.263. The lowest BCUT2D eigenvalue weighted by atomic mass is 10.2. The number of carbonyl (C=O) groups excluding carboxylic acids is 1. The molecule has 5 heteroatoms. The van der Waals surface area contributed by atoms with E-state index in [0.29, 0.717) is 0 Å². The summed E-state index contributed by atoms with van der Waals surface area (Å²) < 4.78 is 1.57. The Kier molecular flexibility index (Phi) is 2.31. The number of nitrogens with zero attached hydrogens (tertiary/aromatic N) is 1. The first kappa shape index (κ1) is 9.54. The van der Waals surface area contributed by atoms with E-state index in [1.165, 1.54) is 0 Å². The summed E-state index contributed by atoms with van der Waals surface area (Å²) in [6, 6.07) is 6.71. The number of nitrogens with one attached hydrogen (secondary N) is 1. The molecule has 0 saturated carbocycles. The molecule has 0 unspecified atom stereocenters. The van der Waals surface area contributed by atoms with Crippen LogP contribution in [0.5, 0.6) is 5.75 Å². The second-order valence-corrected chi connectivity index (χ2v) is 3.17. The SMILES string of the molecule is NCC(=O)Nn1ccc2cc(O)ccc21. The molecular weight excluding hydrogens is 194 g/mol. The molecule has 0 saturated heterocycles. The lowest BCUT2D eigenvalue weighted by Crippen LogP contribution is -2.28. The van der Waals surface area contributed by atoms with Gasteiger partial charge in [-0.05, 0) is 24.3 Å². The fourth-order valence-corrected chi connectivity index (χ4v) is 1.41. The molecule has 15 heavy (non-hydrogen) atoms. The Labute approximate surface area is 86.1 Å². The van der Waals surface area contributed by atoms with Crippen LogP contribution in [0.2, 0.25) is 0 Å². The van der Waals surface area contributed by atoms with Crippen LogP contribution in [0.4, 0.5) is 0 Å². The number of hydrogen-bond acceptors (Lipinski definition) is 3. The third-order valence-corrected chi connectivity index (χ3v) is 2.10. The monoisotopic (exact) mass is 205 g/mol. The normalized spacial score (nSPS) is 10.5. The van der Waals surface area contributed by atoms with Crippen molar-refractivity contribution >= 4 is 16.8 Å². The van der Waals surface area contributed by atoms with Crippen molar-refractivity contribution < 1.29 is 9.90 Å². The smallest absolute Gasteiger partial charge is 0.252 e. The summed E-state index contributed by atoms with van der Waals surface area (Å²) in [6.45, 7) is -0.0578. The maximum absolute atomic E-state index is 11.1. The number of aromatic hydroxyl groups is 1. The summed E-state index contributed by atoms with van der Waals surface area (Å²) in [7, 11) is 0. The maximum atomic E-state index is 11.1. The molecule has 0 radical (unpaired) electrons. The first-order valence-electron chi connectivity index (χ1n) is 4.50. The number of rotatable bonds is 2. The zero-order valence-corrected chi connectivity index (χ0v) is 7.97. The average molecular weight is 205 g/mol. The molecule has 2 aromatic rings. The van der Waals surface area contributed by atoms with Crippen molar-refractivity contribution in [3.8, 4) is 5.75 Å². The molecule has 1 amide bonds. The summed E-state index contributed by atoms with van der Waals surface area (Å²) in [6.07, 6.45) is 1.71. The molecular formula is C10H11N3O2. The maximum Gasteiger partial charge on any atom is 0.252 e. The third kappa shape index (κ3) is 1.77. The first-order chi connectivity index (χ1) is 7.20. The van der Waals surface area contributed by atoms with Gasteiger partial charge in [0.25, 0.3) is 5.91 Å². The van der Waals surface area contributed by atoms with Crippen molar-refractivity contribution in [1.82, 2.24) is 4.68 Å². The molecule has 0 spiro atoms. The Morgan fingerprint density at radius 1 is 1.47 bits per heavy atom. The Morgan fingerprint density at radius 2 is 2.27 bits per heavy atom. The largest absolute Gasteiger partial charge is 0.508 e. The zero-order chi connectivity index (χ0) is 10.8. The molecule has 1 aromatic heterocycles. The number of aromatic nitrogens is 1. The van der Waals surface area contributed by atoms with Gasteiger partial charge in [0.2, 0.25) is 0 Å². The number of phenols is 1. The average Bonchev–Trinajstić information content (AvgIpc) is 2.60. The van der Waals surface area contributed by atoms with E-state index in [9.17, 15) is 9.90 Å². The van der Waals surface area contributed by atoms with Crippen LogP contribution in [-0.4, -0.2) is 22.2 Å². The molecule has 1 aromatic carbocycles. The summed E-state index contributed by atoms with van der Waals surface area (Å²) >= 11 is 0. The highest BCUT2D eigenvalue weighted by Crippen LogP contribution is 2.19. The van der Waals surface area contributed by atoms with Crippen LogP contribution in [0, 0.1) is 0 Å². The van der Waals surface area contributed by atoms with Crippen molar-refractivity contribution in [2.75, 3.05) is 12.0 Å². The van der Waals surface area contributed by atoms with Crippen LogP contribution in [-0.2, 0) is 4.79 Å². The van der Waals surface area contributed by atoms with Gasteiger partial charge in [-0.1, -0.05) is 0 Å². The molecule has 2 rings (SSSR count). The number of nitrogens with two attached hydrogens (primary N) is 1. The highest BCUT2D eigenvalue weighted by molar-refractivity contribution is 5.89. The van der Waals surface area contributed by atoms with Crippen LogP contribution in [0.25, 0.3) is 10.9 Å². The molecule has 0 aliphatic heterocycles. The van der Waals surface area contributed by atoms with Crippen molar-refractivity contribution in [2.24, 2.45) is 5.73 Å².